The number of aromatic amines is 1. The molecule has 3 rings (SSSR count). The van der Waals surface area contributed by atoms with Crippen molar-refractivity contribution in [1.29, 1.82) is 5.26 Å². The largest absolute Gasteiger partial charge is 0.496 e. The van der Waals surface area contributed by atoms with Crippen molar-refractivity contribution in [2.45, 2.75) is 52.1 Å². The lowest BCUT2D eigenvalue weighted by molar-refractivity contribution is -0.125. The summed E-state index contributed by atoms with van der Waals surface area (Å²) >= 11 is 6.26. The molecule has 2 aromatic rings. The monoisotopic (exact) mass is 487 g/mol. The Morgan fingerprint density at radius 1 is 1.32 bits per heavy atom. The molecule has 3 unspecified atom stereocenters. The summed E-state index contributed by atoms with van der Waals surface area (Å²) in [6.45, 7) is 6.44. The maximum atomic E-state index is 13.1. The molecule has 0 spiro atoms. The fraction of sp³-hybridized carbons (Fsp3) is 0.500. The van der Waals surface area contributed by atoms with Crippen molar-refractivity contribution in [3.8, 4) is 11.8 Å². The fourth-order valence-electron chi connectivity index (χ4n) is 4.09. The molecule has 0 radical (unpaired) electrons. The van der Waals surface area contributed by atoms with Gasteiger partial charge in [-0.15, -0.1) is 0 Å². The topological polar surface area (TPSA) is 136 Å². The molecular weight excluding hydrogens is 458 g/mol. The number of hydrogen-bond donors (Lipinski definition) is 4. The smallest absolute Gasteiger partial charge is 0.268 e. The second kappa shape index (κ2) is 10.3. The van der Waals surface area contributed by atoms with Crippen molar-refractivity contribution in [3.05, 3.63) is 28.9 Å². The fourth-order valence-corrected chi connectivity index (χ4v) is 4.30. The van der Waals surface area contributed by atoms with Crippen LogP contribution in [0.15, 0.2) is 18.2 Å². The minimum Gasteiger partial charge on any atom is -0.496 e. The van der Waals surface area contributed by atoms with Gasteiger partial charge in [-0.2, -0.15) is 5.26 Å². The van der Waals surface area contributed by atoms with E-state index in [0.717, 1.165) is 0 Å². The van der Waals surface area contributed by atoms with Gasteiger partial charge in [0.25, 0.3) is 5.91 Å². The first-order valence-corrected chi connectivity index (χ1v) is 11.5. The maximum Gasteiger partial charge on any atom is 0.268 e. The summed E-state index contributed by atoms with van der Waals surface area (Å²) in [6.07, 6.45) is 1.20. The van der Waals surface area contributed by atoms with Crippen LogP contribution in [-0.4, -0.2) is 48.4 Å². The number of nitrogens with one attached hydrogen (secondary N) is 4. The number of aromatic nitrogens is 1. The molecule has 34 heavy (non-hydrogen) atoms. The molecule has 0 aliphatic carbocycles. The van der Waals surface area contributed by atoms with Crippen LogP contribution in [0.5, 0.6) is 5.75 Å². The molecule has 10 heteroatoms. The number of nitriles is 1. The van der Waals surface area contributed by atoms with Crippen LogP contribution >= 0.6 is 11.6 Å². The number of rotatable bonds is 8. The van der Waals surface area contributed by atoms with E-state index < -0.39 is 23.9 Å². The number of carbonyl (C=O) groups excluding carboxylic acids is 3. The van der Waals surface area contributed by atoms with Gasteiger partial charge in [0, 0.05) is 17.8 Å². The molecule has 3 atom stereocenters. The lowest BCUT2D eigenvalue weighted by Crippen LogP contribution is -2.51. The molecule has 1 aromatic heterocycles. The van der Waals surface area contributed by atoms with Gasteiger partial charge in [-0.25, -0.2) is 0 Å². The standard InChI is InChI=1S/C24H30ClN5O4/c1-24(2,3)11-18(23(33)28-14(12-26)9-13-7-8-27-21(13)31)30-22(32)17-10-15-19(34-4)6-5-16(25)20(15)29-17/h5-6,10,13-14,18,29H,7-9,11H2,1-4H3,(H,27,31)(H,28,33)(H,30,32). The molecule has 1 fully saturated rings. The third kappa shape index (κ3) is 6.00. The molecule has 0 saturated carbocycles. The first-order valence-electron chi connectivity index (χ1n) is 11.2. The lowest BCUT2D eigenvalue weighted by atomic mass is 9.87. The highest BCUT2D eigenvalue weighted by Crippen LogP contribution is 2.32. The summed E-state index contributed by atoms with van der Waals surface area (Å²) in [5.41, 5.74) is 0.505. The van der Waals surface area contributed by atoms with E-state index in [1.807, 2.05) is 20.8 Å². The van der Waals surface area contributed by atoms with E-state index in [1.165, 1.54) is 7.11 Å². The third-order valence-electron chi connectivity index (χ3n) is 5.76. The van der Waals surface area contributed by atoms with Crippen molar-refractivity contribution < 1.29 is 19.1 Å². The van der Waals surface area contributed by atoms with Crippen molar-refractivity contribution in [2.75, 3.05) is 13.7 Å². The Bertz CT molecular complexity index is 1130. The maximum absolute atomic E-state index is 13.1. The van der Waals surface area contributed by atoms with Gasteiger partial charge in [-0.3, -0.25) is 14.4 Å². The molecular formula is C24H30ClN5O4. The van der Waals surface area contributed by atoms with Gasteiger partial charge in [-0.05, 0) is 42.9 Å². The summed E-state index contributed by atoms with van der Waals surface area (Å²) < 4.78 is 5.35. The van der Waals surface area contributed by atoms with Crippen LogP contribution in [0, 0.1) is 22.7 Å². The highest BCUT2D eigenvalue weighted by Gasteiger charge is 2.32. The summed E-state index contributed by atoms with van der Waals surface area (Å²) in [6, 6.07) is 5.34. The van der Waals surface area contributed by atoms with E-state index in [4.69, 9.17) is 16.3 Å². The number of fused-ring (bicyclic) bond motifs is 1. The molecule has 4 N–H and O–H groups in total. The second-order valence-electron chi connectivity index (χ2n) is 9.71. The normalized spacial score (nSPS) is 17.5. The summed E-state index contributed by atoms with van der Waals surface area (Å²) in [7, 11) is 1.53. The van der Waals surface area contributed by atoms with E-state index in [0.29, 0.717) is 41.1 Å². The van der Waals surface area contributed by atoms with Gasteiger partial charge in [0.2, 0.25) is 11.8 Å². The molecule has 1 aromatic carbocycles. The van der Waals surface area contributed by atoms with E-state index in [1.54, 1.807) is 18.2 Å². The molecule has 3 amide bonds. The average Bonchev–Trinajstić information content (AvgIpc) is 3.39. The Hall–Kier alpha value is -3.25. The average molecular weight is 488 g/mol. The highest BCUT2D eigenvalue weighted by atomic mass is 35.5. The zero-order chi connectivity index (χ0) is 25.0. The van der Waals surface area contributed by atoms with Crippen LogP contribution < -0.4 is 20.7 Å². The minimum atomic E-state index is -0.885. The minimum absolute atomic E-state index is 0.109. The van der Waals surface area contributed by atoms with Crippen LogP contribution in [0.25, 0.3) is 10.9 Å². The second-order valence-corrected chi connectivity index (χ2v) is 10.1. The van der Waals surface area contributed by atoms with Crippen molar-refractivity contribution in [2.24, 2.45) is 11.3 Å². The van der Waals surface area contributed by atoms with Crippen molar-refractivity contribution >= 4 is 40.2 Å². The zero-order valence-electron chi connectivity index (χ0n) is 19.8. The van der Waals surface area contributed by atoms with E-state index in [-0.39, 0.29) is 29.4 Å². The SMILES string of the molecule is COc1ccc(Cl)c2[nH]c(C(=O)NC(CC(C)(C)C)C(=O)NC(C#N)CC3CCNC3=O)cc12. The Balaban J connectivity index is 1.78. The van der Waals surface area contributed by atoms with E-state index in [2.05, 4.69) is 27.0 Å². The van der Waals surface area contributed by atoms with Gasteiger partial charge < -0.3 is 25.7 Å². The number of nitrogens with zero attached hydrogens (tertiary/aromatic N) is 1. The first-order chi connectivity index (χ1) is 16.0. The predicted octanol–water partition coefficient (Wildman–Crippen LogP) is 2.90. The van der Waals surface area contributed by atoms with Gasteiger partial charge in [0.05, 0.1) is 23.7 Å². The Kier molecular flexibility index (Phi) is 7.72. The van der Waals surface area contributed by atoms with Gasteiger partial charge in [0.15, 0.2) is 0 Å². The number of amides is 3. The third-order valence-corrected chi connectivity index (χ3v) is 6.08. The Labute approximate surface area is 203 Å². The number of hydrogen-bond acceptors (Lipinski definition) is 5. The highest BCUT2D eigenvalue weighted by molar-refractivity contribution is 6.35. The van der Waals surface area contributed by atoms with Crippen LogP contribution in [0.4, 0.5) is 0 Å². The number of halogens is 1. The van der Waals surface area contributed by atoms with Crippen LogP contribution in [-0.2, 0) is 9.59 Å². The molecule has 0 bridgehead atoms. The van der Waals surface area contributed by atoms with E-state index >= 15 is 0 Å². The molecule has 1 aliphatic heterocycles. The van der Waals surface area contributed by atoms with Gasteiger partial charge in [0.1, 0.15) is 23.5 Å². The summed E-state index contributed by atoms with van der Waals surface area (Å²) in [5, 5.41) is 18.8. The van der Waals surface area contributed by atoms with E-state index in [9.17, 15) is 19.6 Å². The number of methoxy groups -OCH3 is 1. The Morgan fingerprint density at radius 3 is 2.65 bits per heavy atom. The van der Waals surface area contributed by atoms with Gasteiger partial charge >= 0.3 is 0 Å². The molecule has 182 valence electrons. The lowest BCUT2D eigenvalue weighted by Gasteiger charge is -2.27. The predicted molar refractivity (Wildman–Crippen MR) is 128 cm³/mol. The number of H-pyrrole nitrogens is 1. The quantitative estimate of drug-likeness (QED) is 0.454. The van der Waals surface area contributed by atoms with Crippen LogP contribution in [0.3, 0.4) is 0 Å². The molecule has 2 heterocycles. The summed E-state index contributed by atoms with van der Waals surface area (Å²) in [4.78, 5) is 41.1. The number of benzene rings is 1. The zero-order valence-corrected chi connectivity index (χ0v) is 20.5. The number of carbonyl (C=O) groups is 3. The number of ether oxygens (including phenoxy) is 1. The summed E-state index contributed by atoms with van der Waals surface area (Å²) in [5.74, 6) is -0.817. The van der Waals surface area contributed by atoms with Crippen molar-refractivity contribution in [1.82, 2.24) is 20.9 Å². The van der Waals surface area contributed by atoms with Crippen LogP contribution in [0.1, 0.15) is 50.5 Å². The molecule has 1 saturated heterocycles. The first kappa shape index (κ1) is 25.4. The Morgan fingerprint density at radius 2 is 2.06 bits per heavy atom. The van der Waals surface area contributed by atoms with Crippen LogP contribution in [0.2, 0.25) is 5.02 Å². The molecule has 9 nitrogen and oxygen atoms in total. The van der Waals surface area contributed by atoms with Gasteiger partial charge in [-0.1, -0.05) is 32.4 Å². The van der Waals surface area contributed by atoms with Crippen molar-refractivity contribution in [3.63, 3.8) is 0 Å². The molecule has 1 aliphatic rings.